The van der Waals surface area contributed by atoms with Gasteiger partial charge in [0.05, 0.1) is 33.1 Å². The monoisotopic (exact) mass is 738 g/mol. The van der Waals surface area contributed by atoms with Gasteiger partial charge < -0.3 is 0 Å². The van der Waals surface area contributed by atoms with Gasteiger partial charge >= 0.3 is 0 Å². The molecule has 58 heavy (non-hydrogen) atoms. The maximum absolute atomic E-state index is 5.17. The molecule has 0 spiro atoms. The Hall–Kier alpha value is -7.82. The lowest BCUT2D eigenvalue weighted by Crippen LogP contribution is -1.97. The van der Waals surface area contributed by atoms with E-state index in [1.165, 1.54) is 43.8 Å². The molecule has 4 aromatic heterocycles. The summed E-state index contributed by atoms with van der Waals surface area (Å²) in [7, 11) is 0. The van der Waals surface area contributed by atoms with Crippen molar-refractivity contribution in [3.8, 4) is 45.0 Å². The van der Waals surface area contributed by atoms with Gasteiger partial charge in [-0.1, -0.05) is 121 Å². The summed E-state index contributed by atoms with van der Waals surface area (Å²) in [4.78, 5) is 10.3. The first kappa shape index (κ1) is 32.4. The summed E-state index contributed by atoms with van der Waals surface area (Å²) in [6, 6.07) is 74.0. The van der Waals surface area contributed by atoms with Crippen molar-refractivity contribution in [3.63, 3.8) is 0 Å². The van der Waals surface area contributed by atoms with Crippen molar-refractivity contribution in [1.82, 2.24) is 19.1 Å². The van der Waals surface area contributed by atoms with E-state index in [2.05, 4.69) is 215 Å². The van der Waals surface area contributed by atoms with Crippen LogP contribution in [0.4, 0.5) is 0 Å². The predicted octanol–water partition coefficient (Wildman–Crippen LogP) is 14.0. The Labute approximate surface area is 334 Å². The van der Waals surface area contributed by atoms with Crippen molar-refractivity contribution in [3.05, 3.63) is 206 Å². The number of aromatic nitrogens is 4. The highest BCUT2D eigenvalue weighted by Crippen LogP contribution is 2.40. The van der Waals surface area contributed by atoms with E-state index in [9.17, 15) is 0 Å². The zero-order valence-corrected chi connectivity index (χ0v) is 31.4. The SMILES string of the molecule is c1ccc(-c2ccc3c(c2)c2cc(-c4ccc5c(c4)c4cc(-c6ccccc6)ccc4n5-c4ccc5ccccc5n4)ccc2n3-c2ccc3ccccc3n2)cc1. The average molecular weight is 739 g/mol. The molecule has 0 aliphatic carbocycles. The second-order valence-corrected chi connectivity index (χ2v) is 15.1. The molecule has 270 valence electrons. The molecular formula is C54H34N4. The lowest BCUT2D eigenvalue weighted by atomic mass is 9.98. The van der Waals surface area contributed by atoms with Gasteiger partial charge in [-0.05, 0) is 118 Å². The number of benzene rings is 8. The number of fused-ring (bicyclic) bond motifs is 8. The van der Waals surface area contributed by atoms with Crippen LogP contribution < -0.4 is 0 Å². The number of hydrogen-bond acceptors (Lipinski definition) is 2. The lowest BCUT2D eigenvalue weighted by molar-refractivity contribution is 1.10. The quantitative estimate of drug-likeness (QED) is 0.176. The Morgan fingerprint density at radius 3 is 0.966 bits per heavy atom. The Morgan fingerprint density at radius 2 is 0.586 bits per heavy atom. The molecule has 0 atom stereocenters. The first-order chi connectivity index (χ1) is 28.7. The van der Waals surface area contributed by atoms with Crippen molar-refractivity contribution in [2.75, 3.05) is 0 Å². The second kappa shape index (κ2) is 12.9. The molecule has 0 fully saturated rings. The van der Waals surface area contributed by atoms with Crippen LogP contribution in [0, 0.1) is 0 Å². The van der Waals surface area contributed by atoms with E-state index >= 15 is 0 Å². The fourth-order valence-electron chi connectivity index (χ4n) is 8.88. The molecule has 0 unspecified atom stereocenters. The molecule has 4 heterocycles. The molecule has 4 nitrogen and oxygen atoms in total. The largest absolute Gasteiger partial charge is 0.294 e. The summed E-state index contributed by atoms with van der Waals surface area (Å²) in [6.45, 7) is 0. The molecule has 12 rings (SSSR count). The van der Waals surface area contributed by atoms with Gasteiger partial charge in [0.1, 0.15) is 11.6 Å². The van der Waals surface area contributed by atoms with Crippen molar-refractivity contribution in [2.45, 2.75) is 0 Å². The first-order valence-electron chi connectivity index (χ1n) is 19.7. The molecule has 0 aliphatic rings. The minimum absolute atomic E-state index is 0.907. The third-order valence-electron chi connectivity index (χ3n) is 11.7. The van der Waals surface area contributed by atoms with Gasteiger partial charge in [-0.25, -0.2) is 9.97 Å². The standard InChI is InChI=1S/C54H34N4/c1-3-11-35(12-4-1)39-19-25-49-43(31-39)45-33-41(21-27-51(45)57(49)53-29-23-37-15-7-9-17-47(37)55-53)42-22-28-52-46(34-42)44-32-40(36-13-5-2-6-14-36)20-26-50(44)58(52)54-30-24-38-16-8-10-18-48(38)56-54/h1-34H. The molecule has 0 aliphatic heterocycles. The Balaban J connectivity index is 1.08. The summed E-state index contributed by atoms with van der Waals surface area (Å²) in [5.41, 5.74) is 13.6. The van der Waals surface area contributed by atoms with Crippen LogP contribution >= 0.6 is 0 Å². The van der Waals surface area contributed by atoms with Gasteiger partial charge in [0, 0.05) is 32.3 Å². The van der Waals surface area contributed by atoms with E-state index in [-0.39, 0.29) is 0 Å². The van der Waals surface area contributed by atoms with Crippen LogP contribution in [0.3, 0.4) is 0 Å². The van der Waals surface area contributed by atoms with Crippen LogP contribution in [0.1, 0.15) is 0 Å². The molecular weight excluding hydrogens is 705 g/mol. The van der Waals surface area contributed by atoms with Gasteiger partial charge in [-0.2, -0.15) is 0 Å². The number of rotatable bonds is 5. The highest BCUT2D eigenvalue weighted by atomic mass is 15.1. The molecule has 0 N–H and O–H groups in total. The Kier molecular flexibility index (Phi) is 7.20. The molecule has 0 radical (unpaired) electrons. The van der Waals surface area contributed by atoms with E-state index in [1.807, 2.05) is 0 Å². The third-order valence-corrected chi connectivity index (χ3v) is 11.7. The van der Waals surface area contributed by atoms with E-state index in [4.69, 9.17) is 9.97 Å². The fraction of sp³-hybridized carbons (Fsp3) is 0. The first-order valence-corrected chi connectivity index (χ1v) is 19.7. The van der Waals surface area contributed by atoms with Crippen LogP contribution in [0.2, 0.25) is 0 Å². The van der Waals surface area contributed by atoms with Gasteiger partial charge in [0.2, 0.25) is 0 Å². The smallest absolute Gasteiger partial charge is 0.138 e. The predicted molar refractivity (Wildman–Crippen MR) is 242 cm³/mol. The third kappa shape index (κ3) is 5.16. The van der Waals surface area contributed by atoms with Crippen LogP contribution in [-0.4, -0.2) is 19.1 Å². The van der Waals surface area contributed by atoms with Gasteiger partial charge in [-0.3, -0.25) is 9.13 Å². The van der Waals surface area contributed by atoms with Crippen molar-refractivity contribution < 1.29 is 0 Å². The minimum Gasteiger partial charge on any atom is -0.294 e. The zero-order valence-electron chi connectivity index (χ0n) is 31.4. The van der Waals surface area contributed by atoms with E-state index in [1.54, 1.807) is 0 Å². The summed E-state index contributed by atoms with van der Waals surface area (Å²) < 4.78 is 4.63. The summed E-state index contributed by atoms with van der Waals surface area (Å²) >= 11 is 0. The summed E-state index contributed by atoms with van der Waals surface area (Å²) in [5, 5.41) is 7.03. The fourth-order valence-corrected chi connectivity index (χ4v) is 8.88. The number of para-hydroxylation sites is 2. The van der Waals surface area contributed by atoms with Crippen molar-refractivity contribution >= 4 is 65.4 Å². The lowest BCUT2D eigenvalue weighted by Gasteiger charge is -2.10. The van der Waals surface area contributed by atoms with E-state index < -0.39 is 0 Å². The molecule has 0 amide bonds. The zero-order chi connectivity index (χ0) is 38.2. The molecule has 0 saturated carbocycles. The Bertz CT molecular complexity index is 3320. The highest BCUT2D eigenvalue weighted by molar-refractivity contribution is 6.14. The Morgan fingerprint density at radius 1 is 0.259 bits per heavy atom. The normalized spacial score (nSPS) is 11.8. The molecule has 0 saturated heterocycles. The minimum atomic E-state index is 0.907. The average Bonchev–Trinajstić information content (AvgIpc) is 3.80. The molecule has 12 aromatic rings. The number of pyridine rings is 2. The summed E-state index contributed by atoms with van der Waals surface area (Å²) in [6.07, 6.45) is 0. The second-order valence-electron chi connectivity index (χ2n) is 15.1. The van der Waals surface area contributed by atoms with Crippen LogP contribution in [0.15, 0.2) is 206 Å². The maximum Gasteiger partial charge on any atom is 0.138 e. The number of nitrogens with zero attached hydrogens (tertiary/aromatic N) is 4. The molecule has 0 bridgehead atoms. The summed E-state index contributed by atoms with van der Waals surface area (Å²) in [5.74, 6) is 1.81. The number of hydrogen-bond donors (Lipinski definition) is 0. The maximum atomic E-state index is 5.17. The van der Waals surface area contributed by atoms with Gasteiger partial charge in [0.25, 0.3) is 0 Å². The van der Waals surface area contributed by atoms with Crippen LogP contribution in [0.5, 0.6) is 0 Å². The van der Waals surface area contributed by atoms with Crippen molar-refractivity contribution in [1.29, 1.82) is 0 Å². The van der Waals surface area contributed by atoms with E-state index in [0.717, 1.165) is 66.6 Å². The topological polar surface area (TPSA) is 35.6 Å². The van der Waals surface area contributed by atoms with E-state index in [0.29, 0.717) is 0 Å². The van der Waals surface area contributed by atoms with Crippen LogP contribution in [-0.2, 0) is 0 Å². The molecule has 8 aromatic carbocycles. The van der Waals surface area contributed by atoms with Gasteiger partial charge in [0.15, 0.2) is 0 Å². The molecule has 4 heteroatoms. The van der Waals surface area contributed by atoms with Gasteiger partial charge in [-0.15, -0.1) is 0 Å². The van der Waals surface area contributed by atoms with Crippen molar-refractivity contribution in [2.24, 2.45) is 0 Å². The van der Waals surface area contributed by atoms with Crippen LogP contribution in [0.25, 0.3) is 110 Å². The highest BCUT2D eigenvalue weighted by Gasteiger charge is 2.19.